The van der Waals surface area contributed by atoms with Gasteiger partial charge in [0.25, 0.3) is 0 Å². The number of amides is 2. The summed E-state index contributed by atoms with van der Waals surface area (Å²) in [6.45, 7) is 0. The van der Waals surface area contributed by atoms with Gasteiger partial charge in [-0.05, 0) is 37.4 Å². The third kappa shape index (κ3) is 3.80. The fourth-order valence-corrected chi connectivity index (χ4v) is 3.11. The van der Waals surface area contributed by atoms with Gasteiger partial charge in [-0.3, -0.25) is 0 Å². The van der Waals surface area contributed by atoms with E-state index in [1.807, 2.05) is 11.8 Å². The first-order valence-corrected chi connectivity index (χ1v) is 7.20. The van der Waals surface area contributed by atoms with Crippen molar-refractivity contribution in [2.45, 2.75) is 37.8 Å². The Bertz CT molecular complexity index is 301. The summed E-state index contributed by atoms with van der Waals surface area (Å²) < 4.78 is 0. The van der Waals surface area contributed by atoms with Crippen molar-refractivity contribution in [3.8, 4) is 0 Å². The van der Waals surface area contributed by atoms with Gasteiger partial charge in [-0.15, -0.1) is 0 Å². The van der Waals surface area contributed by atoms with Crippen molar-refractivity contribution in [1.29, 1.82) is 0 Å². The summed E-state index contributed by atoms with van der Waals surface area (Å²) in [7, 11) is 0. The van der Waals surface area contributed by atoms with Crippen LogP contribution < -0.4 is 10.6 Å². The standard InChI is InChI=1S/C11H18N2O3S/c14-10(15)9(7-3-4-7)13-11(16)12-8-2-1-5-17-6-8/h7-9H,1-6H2,(H,14,15)(H2,12,13,16). The summed E-state index contributed by atoms with van der Waals surface area (Å²) in [5.74, 6) is 1.27. The predicted molar refractivity (Wildman–Crippen MR) is 66.2 cm³/mol. The smallest absolute Gasteiger partial charge is 0.326 e. The molecule has 0 aromatic rings. The quantitative estimate of drug-likeness (QED) is 0.704. The molecule has 2 unspecified atom stereocenters. The zero-order valence-corrected chi connectivity index (χ0v) is 10.5. The molecule has 0 aromatic carbocycles. The number of urea groups is 1. The number of thioether (sulfide) groups is 1. The van der Waals surface area contributed by atoms with E-state index in [2.05, 4.69) is 10.6 Å². The first-order valence-electron chi connectivity index (χ1n) is 6.04. The normalized spacial score (nSPS) is 26.0. The fraction of sp³-hybridized carbons (Fsp3) is 0.818. The Kier molecular flexibility index (Phi) is 4.15. The molecule has 0 radical (unpaired) electrons. The van der Waals surface area contributed by atoms with E-state index in [0.29, 0.717) is 0 Å². The molecule has 1 saturated heterocycles. The van der Waals surface area contributed by atoms with E-state index in [1.165, 1.54) is 0 Å². The van der Waals surface area contributed by atoms with Crippen LogP contribution >= 0.6 is 11.8 Å². The zero-order chi connectivity index (χ0) is 12.3. The first kappa shape index (κ1) is 12.5. The van der Waals surface area contributed by atoms with Crippen molar-refractivity contribution < 1.29 is 14.7 Å². The van der Waals surface area contributed by atoms with E-state index in [1.54, 1.807) is 0 Å². The van der Waals surface area contributed by atoms with Crippen LogP contribution in [0.3, 0.4) is 0 Å². The van der Waals surface area contributed by atoms with E-state index in [-0.39, 0.29) is 18.0 Å². The van der Waals surface area contributed by atoms with Gasteiger partial charge >= 0.3 is 12.0 Å². The van der Waals surface area contributed by atoms with Crippen molar-refractivity contribution in [1.82, 2.24) is 10.6 Å². The molecule has 0 bridgehead atoms. The molecule has 0 aromatic heterocycles. The summed E-state index contributed by atoms with van der Waals surface area (Å²) >= 11 is 1.83. The second-order valence-corrected chi connectivity index (χ2v) is 5.84. The van der Waals surface area contributed by atoms with Crippen LogP contribution in [0, 0.1) is 5.92 Å². The Hall–Kier alpha value is -0.910. The highest BCUT2D eigenvalue weighted by Gasteiger charge is 2.37. The highest BCUT2D eigenvalue weighted by Crippen LogP contribution is 2.32. The molecule has 96 valence electrons. The molecule has 1 aliphatic heterocycles. The van der Waals surface area contributed by atoms with Gasteiger partial charge in [0.1, 0.15) is 6.04 Å². The second-order valence-electron chi connectivity index (χ2n) is 4.69. The molecule has 2 aliphatic rings. The van der Waals surface area contributed by atoms with Crippen molar-refractivity contribution in [3.05, 3.63) is 0 Å². The molecule has 2 atom stereocenters. The summed E-state index contributed by atoms with van der Waals surface area (Å²) in [5.41, 5.74) is 0. The third-order valence-corrected chi connectivity index (χ3v) is 4.36. The molecule has 6 heteroatoms. The first-order chi connectivity index (χ1) is 8.16. The maximum Gasteiger partial charge on any atom is 0.326 e. The molecular weight excluding hydrogens is 240 g/mol. The average molecular weight is 258 g/mol. The molecule has 1 saturated carbocycles. The van der Waals surface area contributed by atoms with E-state index in [4.69, 9.17) is 5.11 Å². The molecule has 0 spiro atoms. The highest BCUT2D eigenvalue weighted by molar-refractivity contribution is 7.99. The average Bonchev–Trinajstić information content (AvgIpc) is 3.11. The van der Waals surface area contributed by atoms with Crippen molar-refractivity contribution in [2.75, 3.05) is 11.5 Å². The van der Waals surface area contributed by atoms with E-state index in [9.17, 15) is 9.59 Å². The van der Waals surface area contributed by atoms with Crippen molar-refractivity contribution in [3.63, 3.8) is 0 Å². The molecule has 5 nitrogen and oxygen atoms in total. The summed E-state index contributed by atoms with van der Waals surface area (Å²) in [4.78, 5) is 22.6. The highest BCUT2D eigenvalue weighted by atomic mass is 32.2. The number of rotatable bonds is 4. The van der Waals surface area contributed by atoms with E-state index < -0.39 is 12.0 Å². The third-order valence-electron chi connectivity index (χ3n) is 3.14. The van der Waals surface area contributed by atoms with Crippen LogP contribution in [0.2, 0.25) is 0 Å². The maximum atomic E-state index is 11.7. The lowest BCUT2D eigenvalue weighted by Crippen LogP contribution is -2.50. The molecular formula is C11H18N2O3S. The number of nitrogens with one attached hydrogen (secondary N) is 2. The summed E-state index contributed by atoms with van der Waals surface area (Å²) in [6, 6.07) is -0.870. The number of hydrogen-bond donors (Lipinski definition) is 3. The van der Waals surface area contributed by atoms with Gasteiger partial charge in [0.2, 0.25) is 0 Å². The Morgan fingerprint density at radius 1 is 1.29 bits per heavy atom. The number of aliphatic carboxylic acids is 1. The molecule has 2 amide bonds. The number of carbonyl (C=O) groups excluding carboxylic acids is 1. The number of hydrogen-bond acceptors (Lipinski definition) is 3. The minimum atomic E-state index is -0.930. The van der Waals surface area contributed by atoms with Gasteiger partial charge < -0.3 is 15.7 Å². The second kappa shape index (κ2) is 5.62. The minimum absolute atomic E-state index is 0.124. The van der Waals surface area contributed by atoms with Crippen LogP contribution in [0.5, 0.6) is 0 Å². The predicted octanol–water partition coefficient (Wildman–Crippen LogP) is 1.04. The van der Waals surface area contributed by atoms with Crippen LogP contribution in [0.25, 0.3) is 0 Å². The Labute approximate surface area is 105 Å². The monoisotopic (exact) mass is 258 g/mol. The van der Waals surface area contributed by atoms with Gasteiger partial charge in [0, 0.05) is 11.8 Å². The van der Waals surface area contributed by atoms with Crippen LogP contribution in [0.4, 0.5) is 4.79 Å². The van der Waals surface area contributed by atoms with Crippen LogP contribution in [-0.2, 0) is 4.79 Å². The Morgan fingerprint density at radius 2 is 2.06 bits per heavy atom. The van der Waals surface area contributed by atoms with Gasteiger partial charge in [0.05, 0.1) is 0 Å². The van der Waals surface area contributed by atoms with Gasteiger partial charge in [-0.1, -0.05) is 0 Å². The van der Waals surface area contributed by atoms with Gasteiger partial charge in [-0.25, -0.2) is 9.59 Å². The number of carboxylic acids is 1. The van der Waals surface area contributed by atoms with E-state index in [0.717, 1.165) is 37.2 Å². The van der Waals surface area contributed by atoms with Crippen LogP contribution in [-0.4, -0.2) is 40.7 Å². The van der Waals surface area contributed by atoms with Gasteiger partial charge in [-0.2, -0.15) is 11.8 Å². The van der Waals surface area contributed by atoms with Crippen molar-refractivity contribution in [2.24, 2.45) is 5.92 Å². The topological polar surface area (TPSA) is 78.4 Å². The molecule has 17 heavy (non-hydrogen) atoms. The lowest BCUT2D eigenvalue weighted by Gasteiger charge is -2.23. The fourth-order valence-electron chi connectivity index (χ4n) is 2.03. The minimum Gasteiger partial charge on any atom is -0.480 e. The molecule has 2 fully saturated rings. The number of carbonyl (C=O) groups is 2. The summed E-state index contributed by atoms with van der Waals surface area (Å²) in [6.07, 6.45) is 3.90. The molecule has 1 heterocycles. The molecule has 2 rings (SSSR count). The van der Waals surface area contributed by atoms with Crippen molar-refractivity contribution >= 4 is 23.8 Å². The lowest BCUT2D eigenvalue weighted by molar-refractivity contribution is -0.139. The lowest BCUT2D eigenvalue weighted by atomic mass is 10.2. The van der Waals surface area contributed by atoms with Crippen LogP contribution in [0.15, 0.2) is 0 Å². The van der Waals surface area contributed by atoms with E-state index >= 15 is 0 Å². The Morgan fingerprint density at radius 3 is 2.59 bits per heavy atom. The molecule has 3 N–H and O–H groups in total. The van der Waals surface area contributed by atoms with Gasteiger partial charge in [0.15, 0.2) is 0 Å². The zero-order valence-electron chi connectivity index (χ0n) is 9.65. The Balaban J connectivity index is 1.76. The largest absolute Gasteiger partial charge is 0.480 e. The number of carboxylic acid groups (broad SMARTS) is 1. The summed E-state index contributed by atoms with van der Waals surface area (Å²) in [5, 5.41) is 14.4. The molecule has 1 aliphatic carbocycles. The SMILES string of the molecule is O=C(NC1CCCSC1)NC(C(=O)O)C1CC1. The maximum absolute atomic E-state index is 11.7. The van der Waals surface area contributed by atoms with Crippen LogP contribution in [0.1, 0.15) is 25.7 Å².